The summed E-state index contributed by atoms with van der Waals surface area (Å²) in [6.45, 7) is 2.42. The normalized spacial score (nSPS) is 10.6. The molecule has 20 heavy (non-hydrogen) atoms. The average Bonchev–Trinajstić information content (AvgIpc) is 2.47. The Kier molecular flexibility index (Phi) is 5.22. The van der Waals surface area contributed by atoms with Crippen LogP contribution in [-0.2, 0) is 17.9 Å². The van der Waals surface area contributed by atoms with Crippen LogP contribution in [0.3, 0.4) is 0 Å². The minimum Gasteiger partial charge on any atom is -0.427 e. The summed E-state index contributed by atoms with van der Waals surface area (Å²) >= 11 is 1.85. The Hall–Kier alpha value is -1.31. The number of rotatable bonds is 5. The second-order valence-corrected chi connectivity index (χ2v) is 4.92. The minimum absolute atomic E-state index is 0.308. The molecule has 5 heteroatoms. The summed E-state index contributed by atoms with van der Waals surface area (Å²) in [4.78, 5) is 4.73. The van der Waals surface area contributed by atoms with E-state index in [0.717, 1.165) is 29.0 Å². The number of hydrogen-bond donors (Lipinski definition) is 2. The van der Waals surface area contributed by atoms with Gasteiger partial charge in [0, 0.05) is 11.3 Å². The van der Waals surface area contributed by atoms with Crippen LogP contribution >= 0.6 is 23.0 Å². The largest absolute Gasteiger partial charge is 0.427 e. The van der Waals surface area contributed by atoms with Crippen molar-refractivity contribution >= 4 is 28.7 Å². The second-order valence-electron chi connectivity index (χ2n) is 4.48. The topological polar surface area (TPSA) is 70.5 Å². The highest BCUT2D eigenvalue weighted by molar-refractivity contribution is 14.1. The Morgan fingerprint density at radius 1 is 1.10 bits per heavy atom. The van der Waals surface area contributed by atoms with Gasteiger partial charge in [-0.05, 0) is 47.4 Å². The molecule has 4 nitrogen and oxygen atoms in total. The molecule has 2 aromatic rings. The van der Waals surface area contributed by atoms with Gasteiger partial charge in [0.1, 0.15) is 5.75 Å². The lowest BCUT2D eigenvalue weighted by Crippen LogP contribution is -2.00. The summed E-state index contributed by atoms with van der Waals surface area (Å²) < 4.78 is 5.28. The first-order valence-electron chi connectivity index (χ1n) is 6.31. The maximum Gasteiger partial charge on any atom is 0.192 e. The van der Waals surface area contributed by atoms with E-state index < -0.39 is 0 Å². The van der Waals surface area contributed by atoms with Gasteiger partial charge in [-0.2, -0.15) is 0 Å². The molecule has 2 rings (SSSR count). The fraction of sp³-hybridized carbons (Fsp3) is 0.200. The molecule has 0 bridgehead atoms. The standard InChI is InChI=1S/C15H17IN2O2/c1-2-10-8-13(17)4-5-14(10)11-3-6-15(20-16)12(7-11)9-19-18/h3-8H,2,9,17-18H2,1H3. The van der Waals surface area contributed by atoms with E-state index >= 15 is 0 Å². The molecule has 0 aliphatic rings. The first-order chi connectivity index (χ1) is 9.69. The number of anilines is 1. The van der Waals surface area contributed by atoms with Crippen molar-refractivity contribution in [3.63, 3.8) is 0 Å². The summed E-state index contributed by atoms with van der Waals surface area (Å²) in [5, 5.41) is 0. The third kappa shape index (κ3) is 3.23. The van der Waals surface area contributed by atoms with Gasteiger partial charge in [0.05, 0.1) is 6.61 Å². The van der Waals surface area contributed by atoms with Gasteiger partial charge >= 0.3 is 0 Å². The molecule has 0 fully saturated rings. The Morgan fingerprint density at radius 3 is 2.55 bits per heavy atom. The van der Waals surface area contributed by atoms with Gasteiger partial charge in [0.15, 0.2) is 23.0 Å². The smallest absolute Gasteiger partial charge is 0.192 e. The number of nitrogens with two attached hydrogens (primary N) is 2. The van der Waals surface area contributed by atoms with Gasteiger partial charge in [-0.1, -0.05) is 19.1 Å². The summed E-state index contributed by atoms with van der Waals surface area (Å²) in [6.07, 6.45) is 0.924. The average molecular weight is 384 g/mol. The van der Waals surface area contributed by atoms with Gasteiger partial charge < -0.3 is 8.80 Å². The van der Waals surface area contributed by atoms with Crippen molar-refractivity contribution in [3.8, 4) is 16.9 Å². The summed E-state index contributed by atoms with van der Waals surface area (Å²) in [5.41, 5.74) is 11.0. The van der Waals surface area contributed by atoms with Crippen LogP contribution in [0.1, 0.15) is 18.1 Å². The maximum absolute atomic E-state index is 5.85. The molecular formula is C15H17IN2O2. The van der Waals surface area contributed by atoms with Crippen LogP contribution in [0, 0.1) is 0 Å². The molecule has 0 spiro atoms. The van der Waals surface area contributed by atoms with Crippen molar-refractivity contribution < 1.29 is 7.90 Å². The molecule has 106 valence electrons. The summed E-state index contributed by atoms with van der Waals surface area (Å²) in [7, 11) is 0. The monoisotopic (exact) mass is 384 g/mol. The molecule has 0 aliphatic heterocycles. The van der Waals surface area contributed by atoms with E-state index in [0.29, 0.717) is 6.61 Å². The third-order valence-corrected chi connectivity index (χ3v) is 3.68. The summed E-state index contributed by atoms with van der Waals surface area (Å²) in [6, 6.07) is 11.9. The van der Waals surface area contributed by atoms with Crippen LogP contribution in [0.4, 0.5) is 5.69 Å². The molecule has 0 saturated heterocycles. The fourth-order valence-corrected chi connectivity index (χ4v) is 2.64. The zero-order chi connectivity index (χ0) is 14.5. The molecule has 0 heterocycles. The Morgan fingerprint density at radius 2 is 1.90 bits per heavy atom. The van der Waals surface area contributed by atoms with Crippen LogP contribution in [0.2, 0.25) is 0 Å². The SMILES string of the molecule is CCc1cc(N)ccc1-c1ccc(OI)c(CON)c1. The Balaban J connectivity index is 2.50. The van der Waals surface area contributed by atoms with Gasteiger partial charge in [0.2, 0.25) is 0 Å². The van der Waals surface area contributed by atoms with Crippen molar-refractivity contribution in [2.45, 2.75) is 20.0 Å². The molecule has 2 aromatic carbocycles. The van der Waals surface area contributed by atoms with Gasteiger partial charge in [-0.3, -0.25) is 4.84 Å². The molecule has 0 saturated carbocycles. The van der Waals surface area contributed by atoms with E-state index in [1.807, 2.05) is 59.4 Å². The zero-order valence-corrected chi connectivity index (χ0v) is 13.4. The number of aryl methyl sites for hydroxylation is 1. The number of benzene rings is 2. The van der Waals surface area contributed by atoms with Crippen molar-refractivity contribution in [2.75, 3.05) is 5.73 Å². The highest BCUT2D eigenvalue weighted by Crippen LogP contribution is 2.31. The molecule has 0 aromatic heterocycles. The van der Waals surface area contributed by atoms with E-state index in [1.54, 1.807) is 0 Å². The van der Waals surface area contributed by atoms with E-state index in [-0.39, 0.29) is 0 Å². The second kappa shape index (κ2) is 6.92. The molecule has 0 unspecified atom stereocenters. The van der Waals surface area contributed by atoms with Gasteiger partial charge in [0.25, 0.3) is 0 Å². The number of nitrogen functional groups attached to an aromatic ring is 1. The minimum atomic E-state index is 0.308. The Bertz CT molecular complexity index is 602. The van der Waals surface area contributed by atoms with E-state index in [1.165, 1.54) is 11.1 Å². The van der Waals surface area contributed by atoms with Crippen LogP contribution in [-0.4, -0.2) is 0 Å². The van der Waals surface area contributed by atoms with E-state index in [9.17, 15) is 0 Å². The highest BCUT2D eigenvalue weighted by Gasteiger charge is 2.09. The van der Waals surface area contributed by atoms with E-state index in [2.05, 4.69) is 6.92 Å². The van der Waals surface area contributed by atoms with E-state index in [4.69, 9.17) is 19.5 Å². The lowest BCUT2D eigenvalue weighted by molar-refractivity contribution is 0.123. The molecule has 4 N–H and O–H groups in total. The number of hydrogen-bond acceptors (Lipinski definition) is 4. The lowest BCUT2D eigenvalue weighted by Gasteiger charge is -2.12. The van der Waals surface area contributed by atoms with Gasteiger partial charge in [-0.25, -0.2) is 5.90 Å². The first-order valence-corrected chi connectivity index (χ1v) is 7.19. The maximum atomic E-state index is 5.85. The first kappa shape index (κ1) is 15.1. The molecule has 0 radical (unpaired) electrons. The quantitative estimate of drug-likeness (QED) is 0.469. The third-order valence-electron chi connectivity index (χ3n) is 3.20. The molecular weight excluding hydrogens is 367 g/mol. The lowest BCUT2D eigenvalue weighted by atomic mass is 9.96. The van der Waals surface area contributed by atoms with Crippen LogP contribution in [0.5, 0.6) is 5.75 Å². The highest BCUT2D eigenvalue weighted by atomic mass is 127. The van der Waals surface area contributed by atoms with Crippen LogP contribution < -0.4 is 14.7 Å². The predicted molar refractivity (Wildman–Crippen MR) is 89.3 cm³/mol. The zero-order valence-electron chi connectivity index (χ0n) is 11.2. The molecule has 0 amide bonds. The van der Waals surface area contributed by atoms with Crippen molar-refractivity contribution in [3.05, 3.63) is 47.5 Å². The van der Waals surface area contributed by atoms with Crippen LogP contribution in [0.15, 0.2) is 36.4 Å². The van der Waals surface area contributed by atoms with Gasteiger partial charge in [-0.15, -0.1) is 0 Å². The fourth-order valence-electron chi connectivity index (χ4n) is 2.21. The van der Waals surface area contributed by atoms with Crippen LogP contribution in [0.25, 0.3) is 11.1 Å². The molecule has 0 atom stereocenters. The Labute approximate surface area is 132 Å². The predicted octanol–water partition coefficient (Wildman–Crippen LogP) is 3.62. The van der Waals surface area contributed by atoms with Crippen molar-refractivity contribution in [1.82, 2.24) is 0 Å². The summed E-state index contributed by atoms with van der Waals surface area (Å²) in [5.74, 6) is 5.93. The number of halogens is 1. The van der Waals surface area contributed by atoms with Crippen molar-refractivity contribution in [1.29, 1.82) is 0 Å². The molecule has 0 aliphatic carbocycles. The van der Waals surface area contributed by atoms with Crippen molar-refractivity contribution in [2.24, 2.45) is 5.90 Å².